The van der Waals surface area contributed by atoms with Crippen LogP contribution in [0.1, 0.15) is 31.2 Å². The molecule has 0 bridgehead atoms. The van der Waals surface area contributed by atoms with Crippen LogP contribution in [0, 0.1) is 0 Å². The number of hydrogen-bond acceptors (Lipinski definition) is 13. The van der Waals surface area contributed by atoms with Crippen molar-refractivity contribution in [3.8, 4) is 0 Å². The number of hydrogen-bond donors (Lipinski definition) is 2. The van der Waals surface area contributed by atoms with Gasteiger partial charge in [-0.2, -0.15) is 9.97 Å². The summed E-state index contributed by atoms with van der Waals surface area (Å²) in [5.41, 5.74) is 11.5. The second kappa shape index (κ2) is 7.86. The number of phosphoric ester groups is 1. The van der Waals surface area contributed by atoms with Gasteiger partial charge in [-0.1, -0.05) is 0 Å². The van der Waals surface area contributed by atoms with Crippen LogP contribution in [-0.4, -0.2) is 50.3 Å². The van der Waals surface area contributed by atoms with Crippen molar-refractivity contribution >= 4 is 36.8 Å². The number of rotatable bonds is 4. The molecule has 0 aromatic carbocycles. The molecule has 3 aliphatic rings. The van der Waals surface area contributed by atoms with E-state index in [1.165, 1.54) is 0 Å². The zero-order chi connectivity index (χ0) is 24.4. The van der Waals surface area contributed by atoms with Crippen LogP contribution in [0.2, 0.25) is 0 Å². The first kappa shape index (κ1) is 22.2. The molecule has 3 aromatic rings. The Bertz CT molecular complexity index is 1350. The average molecular weight is 504 g/mol. The molecule has 0 saturated carbocycles. The third-order valence-electron chi connectivity index (χ3n) is 6.16. The Labute approximate surface area is 198 Å². The molecule has 15 heteroatoms. The van der Waals surface area contributed by atoms with E-state index in [0.717, 1.165) is 5.56 Å². The standard InChI is InChI=1S/C20H21N6O8P/c1-20-13(30-19(27)32-20)16(31-17(20)26-8-4-11-14(21)24-18(22)25-15(11)26)34-35(28)29-9-5-12(33-35)10-2-6-23-7-3-10/h2-4,6-8,12-13,16-17H,5,9H2,1H3,(H4,21,22,24,25)/t12-,13+,16?,17+,20+,35?/m0/s1. The minimum absolute atomic E-state index is 0.0438. The second-order valence-electron chi connectivity index (χ2n) is 8.41. The molecular formula is C20H21N6O8P. The van der Waals surface area contributed by atoms with E-state index in [-0.39, 0.29) is 18.4 Å². The maximum absolute atomic E-state index is 13.4. The third-order valence-corrected chi connectivity index (χ3v) is 7.64. The number of carbonyl (C=O) groups excluding carboxylic acids is 1. The van der Waals surface area contributed by atoms with E-state index < -0.39 is 44.3 Å². The van der Waals surface area contributed by atoms with Crippen LogP contribution in [0.3, 0.4) is 0 Å². The van der Waals surface area contributed by atoms with Crippen LogP contribution in [0.4, 0.5) is 16.6 Å². The van der Waals surface area contributed by atoms with Gasteiger partial charge in [0, 0.05) is 25.0 Å². The van der Waals surface area contributed by atoms with Gasteiger partial charge in [0.05, 0.1) is 18.1 Å². The Morgan fingerprint density at radius 2 is 2.03 bits per heavy atom. The van der Waals surface area contributed by atoms with Gasteiger partial charge in [-0.05, 0) is 30.7 Å². The Balaban J connectivity index is 1.31. The molecule has 0 aliphatic carbocycles. The fraction of sp³-hybridized carbons (Fsp3) is 0.400. The Hall–Kier alpha value is -3.29. The number of phosphoric acid groups is 1. The van der Waals surface area contributed by atoms with E-state index in [1.807, 2.05) is 0 Å². The van der Waals surface area contributed by atoms with E-state index >= 15 is 0 Å². The lowest BCUT2D eigenvalue weighted by Crippen LogP contribution is -2.41. The molecule has 14 nitrogen and oxygen atoms in total. The van der Waals surface area contributed by atoms with Crippen molar-refractivity contribution in [1.82, 2.24) is 19.5 Å². The number of nitrogens with zero attached hydrogens (tertiary/aromatic N) is 4. The van der Waals surface area contributed by atoms with Gasteiger partial charge >= 0.3 is 14.0 Å². The van der Waals surface area contributed by atoms with Gasteiger partial charge in [0.1, 0.15) is 11.5 Å². The second-order valence-corrected chi connectivity index (χ2v) is 9.98. The summed E-state index contributed by atoms with van der Waals surface area (Å²) < 4.78 is 48.7. The number of anilines is 2. The third kappa shape index (κ3) is 3.61. The number of nitrogen functional groups attached to an aromatic ring is 2. The van der Waals surface area contributed by atoms with Crippen molar-refractivity contribution in [2.24, 2.45) is 0 Å². The topological polar surface area (TPSA) is 185 Å². The highest BCUT2D eigenvalue weighted by molar-refractivity contribution is 7.48. The predicted molar refractivity (Wildman–Crippen MR) is 117 cm³/mol. The molecule has 35 heavy (non-hydrogen) atoms. The Kier molecular flexibility index (Phi) is 4.99. The van der Waals surface area contributed by atoms with Crippen molar-refractivity contribution in [3.05, 3.63) is 42.4 Å². The molecule has 6 heterocycles. The molecule has 3 fully saturated rings. The summed E-state index contributed by atoms with van der Waals surface area (Å²) >= 11 is 0. The van der Waals surface area contributed by atoms with Gasteiger partial charge in [0.25, 0.3) is 0 Å². The molecule has 184 valence electrons. The van der Waals surface area contributed by atoms with Gasteiger partial charge in [-0.3, -0.25) is 18.6 Å². The molecule has 3 saturated heterocycles. The molecule has 6 rings (SSSR count). The van der Waals surface area contributed by atoms with Crippen LogP contribution in [0.15, 0.2) is 36.8 Å². The highest BCUT2D eigenvalue weighted by Crippen LogP contribution is 2.60. The normalized spacial score (nSPS) is 34.5. The molecule has 4 N–H and O–H groups in total. The van der Waals surface area contributed by atoms with Crippen LogP contribution in [-0.2, 0) is 32.3 Å². The molecule has 6 atom stereocenters. The Morgan fingerprint density at radius 1 is 1.23 bits per heavy atom. The minimum atomic E-state index is -4.12. The highest BCUT2D eigenvalue weighted by Gasteiger charge is 2.66. The fourth-order valence-corrected chi connectivity index (χ4v) is 5.97. The molecule has 0 amide bonds. The summed E-state index contributed by atoms with van der Waals surface area (Å²) in [4.78, 5) is 24.3. The maximum atomic E-state index is 13.4. The van der Waals surface area contributed by atoms with Gasteiger partial charge in [0.15, 0.2) is 11.8 Å². The lowest BCUT2D eigenvalue weighted by atomic mass is 9.99. The number of aromatic nitrogens is 4. The largest absolute Gasteiger partial charge is 0.509 e. The smallest absolute Gasteiger partial charge is 0.421 e. The summed E-state index contributed by atoms with van der Waals surface area (Å²) in [6.07, 6.45) is 0.408. The van der Waals surface area contributed by atoms with Crippen molar-refractivity contribution < 1.29 is 37.1 Å². The van der Waals surface area contributed by atoms with Gasteiger partial charge in [-0.25, -0.2) is 9.36 Å². The summed E-state index contributed by atoms with van der Waals surface area (Å²) in [6, 6.07) is 5.18. The molecular weight excluding hydrogens is 483 g/mol. The number of nitrogens with two attached hydrogens (primary N) is 2. The van der Waals surface area contributed by atoms with Crippen molar-refractivity contribution in [3.63, 3.8) is 0 Å². The van der Waals surface area contributed by atoms with Crippen molar-refractivity contribution in [1.29, 1.82) is 0 Å². The van der Waals surface area contributed by atoms with Crippen molar-refractivity contribution in [2.45, 2.75) is 43.7 Å². The molecule has 3 aromatic heterocycles. The first-order valence-electron chi connectivity index (χ1n) is 10.7. The van der Waals surface area contributed by atoms with Crippen LogP contribution >= 0.6 is 7.82 Å². The highest BCUT2D eigenvalue weighted by atomic mass is 31.2. The molecule has 2 unspecified atom stereocenters. The number of carbonyl (C=O) groups is 1. The lowest BCUT2D eigenvalue weighted by molar-refractivity contribution is -0.155. The SMILES string of the molecule is C[C@@]12OC(=O)O[C@@H]1C(OP1(=O)OCC[C@@H](c3ccncc3)O1)O[C@H]2n1ccc2c(N)nc(N)nc21. The monoisotopic (exact) mass is 504 g/mol. The van der Waals surface area contributed by atoms with Gasteiger partial charge < -0.3 is 30.2 Å². The molecule has 3 aliphatic heterocycles. The first-order chi connectivity index (χ1) is 16.8. The fourth-order valence-electron chi connectivity index (χ4n) is 4.52. The van der Waals surface area contributed by atoms with E-state index in [4.69, 9.17) is 39.2 Å². The van der Waals surface area contributed by atoms with E-state index in [0.29, 0.717) is 17.5 Å². The predicted octanol–water partition coefficient (Wildman–Crippen LogP) is 2.44. The number of pyridine rings is 1. The first-order valence-corrected chi connectivity index (χ1v) is 12.2. The lowest BCUT2D eigenvalue weighted by Gasteiger charge is -2.30. The number of fused-ring (bicyclic) bond motifs is 2. The van der Waals surface area contributed by atoms with Gasteiger partial charge in [0.2, 0.25) is 18.3 Å². The van der Waals surface area contributed by atoms with Crippen LogP contribution in [0.25, 0.3) is 11.0 Å². The quantitative estimate of drug-likeness (QED) is 0.390. The van der Waals surface area contributed by atoms with E-state index in [9.17, 15) is 9.36 Å². The van der Waals surface area contributed by atoms with Crippen molar-refractivity contribution in [2.75, 3.05) is 18.1 Å². The van der Waals surface area contributed by atoms with Crippen LogP contribution < -0.4 is 11.5 Å². The zero-order valence-electron chi connectivity index (χ0n) is 18.3. The summed E-state index contributed by atoms with van der Waals surface area (Å²) in [5, 5.41) is 0.518. The maximum Gasteiger partial charge on any atom is 0.509 e. The van der Waals surface area contributed by atoms with E-state index in [2.05, 4.69) is 15.0 Å². The Morgan fingerprint density at radius 3 is 2.83 bits per heavy atom. The molecule has 0 radical (unpaired) electrons. The summed E-state index contributed by atoms with van der Waals surface area (Å²) in [5.74, 6) is 0.131. The number of ether oxygens (including phenoxy) is 3. The summed E-state index contributed by atoms with van der Waals surface area (Å²) in [7, 11) is -4.12. The van der Waals surface area contributed by atoms with Crippen LogP contribution in [0.5, 0.6) is 0 Å². The summed E-state index contributed by atoms with van der Waals surface area (Å²) in [6.45, 7) is 1.73. The zero-order valence-corrected chi connectivity index (χ0v) is 19.2. The molecule has 0 spiro atoms. The average Bonchev–Trinajstić information content (AvgIpc) is 3.44. The minimum Gasteiger partial charge on any atom is -0.421 e. The van der Waals surface area contributed by atoms with E-state index in [1.54, 1.807) is 48.3 Å². The van der Waals surface area contributed by atoms with Gasteiger partial charge in [-0.15, -0.1) is 0 Å².